The Morgan fingerprint density at radius 1 is 0.842 bits per heavy atom. The van der Waals surface area contributed by atoms with Crippen LogP contribution in [-0.4, -0.2) is 49.7 Å². The Morgan fingerprint density at radius 3 is 1.58 bits per heavy atom. The third-order valence-electron chi connectivity index (χ3n) is 3.15. The molecule has 0 bridgehead atoms. The molecule has 0 atom stereocenters. The van der Waals surface area contributed by atoms with E-state index in [0.29, 0.717) is 0 Å². The van der Waals surface area contributed by atoms with E-state index in [-0.39, 0.29) is 0 Å². The third-order valence-corrected chi connectivity index (χ3v) is 13.1. The maximum atomic E-state index is 5.76. The second-order valence-electron chi connectivity index (χ2n) is 6.98. The van der Waals surface area contributed by atoms with Gasteiger partial charge in [-0.15, -0.1) is 0 Å². The normalized spacial score (nSPS) is 13.6. The monoisotopic (exact) mass is 321 g/mol. The lowest BCUT2D eigenvalue weighted by Crippen LogP contribution is -2.59. The minimum atomic E-state index is -1.40. The van der Waals surface area contributed by atoms with Crippen LogP contribution in [0.1, 0.15) is 20.3 Å². The highest BCUT2D eigenvalue weighted by molar-refractivity contribution is 6.89. The molecule has 0 aliphatic rings. The van der Waals surface area contributed by atoms with Crippen LogP contribution in [0.5, 0.6) is 0 Å². The fraction of sp³-hybridized carbons (Fsp3) is 1.00. The Labute approximate surface area is 124 Å². The summed E-state index contributed by atoms with van der Waals surface area (Å²) < 4.78 is 14.4. The van der Waals surface area contributed by atoms with E-state index in [0.717, 1.165) is 19.3 Å². The molecule has 0 heterocycles. The second-order valence-corrected chi connectivity index (χ2v) is 19.3. The molecule has 0 fully saturated rings. The predicted molar refractivity (Wildman–Crippen MR) is 93.2 cm³/mol. The molecular weight excluding hydrogens is 286 g/mol. The molecule has 0 aromatic heterocycles. The van der Waals surface area contributed by atoms with Gasteiger partial charge in [-0.2, -0.15) is 0 Å². The molecule has 0 saturated heterocycles. The quantitative estimate of drug-likeness (QED) is 0.573. The number of nitrogens with zero attached hydrogens (tertiary/aromatic N) is 1. The van der Waals surface area contributed by atoms with Crippen molar-refractivity contribution in [3.63, 3.8) is 0 Å². The fourth-order valence-electron chi connectivity index (χ4n) is 2.68. The zero-order valence-electron chi connectivity index (χ0n) is 14.4. The first-order valence-electron chi connectivity index (χ1n) is 7.63. The lowest BCUT2D eigenvalue weighted by Gasteiger charge is -2.43. The van der Waals surface area contributed by atoms with Crippen molar-refractivity contribution < 1.29 is 8.85 Å². The SMILES string of the molecule is CCO[SiH](CCCN([Si](C)(C)C)[Si](C)(C)C)OCC. The van der Waals surface area contributed by atoms with Crippen LogP contribution in [0.3, 0.4) is 0 Å². The van der Waals surface area contributed by atoms with Crippen molar-refractivity contribution in [3.8, 4) is 0 Å². The highest BCUT2D eigenvalue weighted by Gasteiger charge is 2.33. The van der Waals surface area contributed by atoms with Crippen molar-refractivity contribution in [3.05, 3.63) is 0 Å². The largest absolute Gasteiger partial charge is 0.397 e. The minimum absolute atomic E-state index is 0.794. The van der Waals surface area contributed by atoms with Crippen LogP contribution in [0.15, 0.2) is 0 Å². The molecule has 0 unspecified atom stereocenters. The second kappa shape index (κ2) is 8.74. The Morgan fingerprint density at radius 2 is 1.26 bits per heavy atom. The van der Waals surface area contributed by atoms with Gasteiger partial charge in [-0.05, 0) is 32.9 Å². The van der Waals surface area contributed by atoms with Gasteiger partial charge >= 0.3 is 9.28 Å². The van der Waals surface area contributed by atoms with Crippen molar-refractivity contribution in [2.75, 3.05) is 19.8 Å². The molecule has 0 spiro atoms. The summed E-state index contributed by atoms with van der Waals surface area (Å²) in [6.45, 7) is 21.7. The Kier molecular flexibility index (Phi) is 8.98. The van der Waals surface area contributed by atoms with Crippen LogP contribution >= 0.6 is 0 Å². The maximum Gasteiger partial charge on any atom is 0.321 e. The van der Waals surface area contributed by atoms with E-state index < -0.39 is 25.8 Å². The summed E-state index contributed by atoms with van der Waals surface area (Å²) in [6, 6.07) is 1.15. The van der Waals surface area contributed by atoms with Gasteiger partial charge in [0, 0.05) is 13.2 Å². The van der Waals surface area contributed by atoms with Gasteiger partial charge in [0.1, 0.15) is 16.5 Å². The first kappa shape index (κ1) is 19.5. The van der Waals surface area contributed by atoms with Crippen LogP contribution in [0, 0.1) is 0 Å². The van der Waals surface area contributed by atoms with E-state index in [1.807, 2.05) is 0 Å². The van der Waals surface area contributed by atoms with E-state index in [9.17, 15) is 0 Å². The van der Waals surface area contributed by atoms with Gasteiger partial charge < -0.3 is 13.1 Å². The van der Waals surface area contributed by atoms with Gasteiger partial charge in [0.2, 0.25) is 0 Å². The first-order chi connectivity index (χ1) is 8.62. The van der Waals surface area contributed by atoms with E-state index in [2.05, 4.69) is 57.4 Å². The number of rotatable bonds is 10. The van der Waals surface area contributed by atoms with E-state index in [1.165, 1.54) is 13.0 Å². The minimum Gasteiger partial charge on any atom is -0.397 e. The Bertz CT molecular complexity index is 219. The van der Waals surface area contributed by atoms with Gasteiger partial charge in [-0.1, -0.05) is 39.3 Å². The lowest BCUT2D eigenvalue weighted by atomic mass is 10.5. The van der Waals surface area contributed by atoms with Crippen molar-refractivity contribution in [1.29, 1.82) is 0 Å². The molecule has 116 valence electrons. The van der Waals surface area contributed by atoms with Crippen molar-refractivity contribution in [1.82, 2.24) is 4.23 Å². The van der Waals surface area contributed by atoms with E-state index in [4.69, 9.17) is 8.85 Å². The summed E-state index contributed by atoms with van der Waals surface area (Å²) >= 11 is 0. The first-order valence-corrected chi connectivity index (χ1v) is 16.3. The smallest absolute Gasteiger partial charge is 0.321 e. The molecule has 0 amide bonds. The molecule has 0 saturated carbocycles. The molecule has 0 aliphatic carbocycles. The Hall–Kier alpha value is 0.531. The fourth-order valence-corrected chi connectivity index (χ4v) is 14.1. The molecule has 6 heteroatoms. The van der Waals surface area contributed by atoms with Gasteiger partial charge in [-0.3, -0.25) is 0 Å². The van der Waals surface area contributed by atoms with Gasteiger partial charge in [-0.25, -0.2) is 0 Å². The van der Waals surface area contributed by atoms with Crippen LogP contribution in [0.2, 0.25) is 45.3 Å². The zero-order valence-corrected chi connectivity index (χ0v) is 17.5. The van der Waals surface area contributed by atoms with Crippen molar-refractivity contribution in [2.45, 2.75) is 65.6 Å². The predicted octanol–water partition coefficient (Wildman–Crippen LogP) is 3.64. The molecule has 0 radical (unpaired) electrons. The summed E-state index contributed by atoms with van der Waals surface area (Å²) in [5.41, 5.74) is 0. The van der Waals surface area contributed by atoms with E-state index in [1.54, 1.807) is 0 Å². The van der Waals surface area contributed by atoms with Gasteiger partial charge in [0.05, 0.1) is 0 Å². The standard InChI is InChI=1S/C13H35NO2Si3/c1-9-15-17(16-10-2)13-11-12-14(18(3,4)5)19(6,7)8/h17H,9-13H2,1-8H3. The lowest BCUT2D eigenvalue weighted by molar-refractivity contribution is 0.212. The van der Waals surface area contributed by atoms with Crippen LogP contribution in [0.25, 0.3) is 0 Å². The van der Waals surface area contributed by atoms with Crippen LogP contribution < -0.4 is 0 Å². The summed E-state index contributed by atoms with van der Waals surface area (Å²) in [5, 5.41) is 0. The zero-order chi connectivity index (χ0) is 15.1. The molecule has 0 aromatic rings. The van der Waals surface area contributed by atoms with Gasteiger partial charge in [0.25, 0.3) is 0 Å². The summed E-state index contributed by atoms with van der Waals surface area (Å²) in [4.78, 5) is 0. The maximum absolute atomic E-state index is 5.76. The molecule has 19 heavy (non-hydrogen) atoms. The average Bonchev–Trinajstić information content (AvgIpc) is 2.21. The number of hydrogen-bond acceptors (Lipinski definition) is 3. The van der Waals surface area contributed by atoms with E-state index >= 15 is 0 Å². The van der Waals surface area contributed by atoms with Crippen LogP contribution in [-0.2, 0) is 8.85 Å². The van der Waals surface area contributed by atoms with Gasteiger partial charge in [0.15, 0.2) is 0 Å². The summed E-state index contributed by atoms with van der Waals surface area (Å²) in [7, 11) is -3.80. The molecule has 0 aromatic carbocycles. The topological polar surface area (TPSA) is 21.7 Å². The molecule has 3 nitrogen and oxygen atoms in total. The molecule has 0 N–H and O–H groups in total. The third kappa shape index (κ3) is 8.41. The van der Waals surface area contributed by atoms with Crippen molar-refractivity contribution in [2.24, 2.45) is 0 Å². The highest BCUT2D eigenvalue weighted by atomic mass is 28.4. The molecule has 0 rings (SSSR count). The summed E-state index contributed by atoms with van der Waals surface area (Å²) in [6.07, 6.45) is 1.23. The highest BCUT2D eigenvalue weighted by Crippen LogP contribution is 2.20. The van der Waals surface area contributed by atoms with Crippen LogP contribution in [0.4, 0.5) is 0 Å². The number of hydrogen-bond donors (Lipinski definition) is 0. The molecule has 0 aliphatic heterocycles. The average molecular weight is 322 g/mol. The summed E-state index contributed by atoms with van der Waals surface area (Å²) in [5.74, 6) is 0. The Balaban J connectivity index is 4.33. The molecular formula is C13H35NO2Si3. The van der Waals surface area contributed by atoms with Crippen molar-refractivity contribution >= 4 is 25.8 Å².